The van der Waals surface area contributed by atoms with Gasteiger partial charge in [-0.1, -0.05) is 60.4 Å². The van der Waals surface area contributed by atoms with E-state index in [1.54, 1.807) is 55.7 Å². The third-order valence-electron chi connectivity index (χ3n) is 4.75. The monoisotopic (exact) mass is 476 g/mol. The first-order chi connectivity index (χ1) is 16.0. The maximum atomic E-state index is 13.1. The minimum Gasteiger partial charge on any atom is -0.497 e. The summed E-state index contributed by atoms with van der Waals surface area (Å²) < 4.78 is 11.4. The number of carbonyl (C=O) groups is 2. The molecular formula is C25H20N2O4S2. The van der Waals surface area contributed by atoms with Crippen molar-refractivity contribution in [2.24, 2.45) is 0 Å². The lowest BCUT2D eigenvalue weighted by Gasteiger charge is -2.14. The Bertz CT molecular complexity index is 1210. The van der Waals surface area contributed by atoms with Crippen LogP contribution in [0.15, 0.2) is 83.8 Å². The van der Waals surface area contributed by atoms with E-state index in [1.165, 1.54) is 16.7 Å². The molecule has 0 atom stereocenters. The number of amides is 2. The van der Waals surface area contributed by atoms with E-state index >= 15 is 0 Å². The molecule has 166 valence electrons. The number of ether oxygens (including phenoxy) is 2. The van der Waals surface area contributed by atoms with Crippen LogP contribution in [0.1, 0.15) is 5.56 Å². The summed E-state index contributed by atoms with van der Waals surface area (Å²) in [6.07, 6.45) is 1.73. The van der Waals surface area contributed by atoms with Gasteiger partial charge in [0, 0.05) is 11.3 Å². The van der Waals surface area contributed by atoms with Gasteiger partial charge in [-0.2, -0.15) is 0 Å². The highest BCUT2D eigenvalue weighted by atomic mass is 32.2. The molecule has 1 aliphatic heterocycles. The molecule has 0 spiro atoms. The van der Waals surface area contributed by atoms with Crippen molar-refractivity contribution < 1.29 is 19.1 Å². The van der Waals surface area contributed by atoms with E-state index in [0.29, 0.717) is 37.7 Å². The van der Waals surface area contributed by atoms with Crippen molar-refractivity contribution in [2.75, 3.05) is 23.9 Å². The van der Waals surface area contributed by atoms with E-state index in [-0.39, 0.29) is 18.4 Å². The summed E-state index contributed by atoms with van der Waals surface area (Å²) in [4.78, 5) is 27.3. The molecule has 3 aromatic rings. The van der Waals surface area contributed by atoms with Crippen LogP contribution in [-0.2, 0) is 9.59 Å². The lowest BCUT2D eigenvalue weighted by atomic mass is 10.2. The summed E-state index contributed by atoms with van der Waals surface area (Å²) in [5.41, 5.74) is 2.05. The number of methoxy groups -OCH3 is 1. The molecule has 1 aliphatic rings. The molecule has 0 bridgehead atoms. The number of thiocarbonyl (C=S) groups is 1. The van der Waals surface area contributed by atoms with Crippen molar-refractivity contribution in [1.29, 1.82) is 0 Å². The van der Waals surface area contributed by atoms with Crippen LogP contribution in [-0.4, -0.2) is 29.9 Å². The first kappa shape index (κ1) is 22.6. The molecule has 2 amide bonds. The van der Waals surface area contributed by atoms with Crippen molar-refractivity contribution in [3.63, 3.8) is 0 Å². The summed E-state index contributed by atoms with van der Waals surface area (Å²) in [5, 5.41) is 2.78. The summed E-state index contributed by atoms with van der Waals surface area (Å²) in [7, 11) is 1.59. The normalized spacial score (nSPS) is 14.5. The summed E-state index contributed by atoms with van der Waals surface area (Å²) in [6.45, 7) is -0.160. The Morgan fingerprint density at radius 1 is 1.03 bits per heavy atom. The predicted octanol–water partition coefficient (Wildman–Crippen LogP) is 5.12. The first-order valence-electron chi connectivity index (χ1n) is 10.0. The fourth-order valence-corrected chi connectivity index (χ4v) is 4.45. The number of rotatable bonds is 7. The highest BCUT2D eigenvalue weighted by Crippen LogP contribution is 2.37. The molecule has 1 N–H and O–H groups in total. The molecule has 1 fully saturated rings. The third-order valence-corrected chi connectivity index (χ3v) is 6.05. The van der Waals surface area contributed by atoms with Crippen LogP contribution >= 0.6 is 24.0 Å². The maximum absolute atomic E-state index is 13.1. The smallest absolute Gasteiger partial charge is 0.270 e. The number of thioether (sulfide) groups is 1. The Morgan fingerprint density at radius 3 is 2.45 bits per heavy atom. The molecule has 0 saturated carbocycles. The lowest BCUT2D eigenvalue weighted by molar-refractivity contribution is -0.118. The number of nitrogens with zero attached hydrogens (tertiary/aromatic N) is 1. The number of anilines is 2. The predicted molar refractivity (Wildman–Crippen MR) is 136 cm³/mol. The van der Waals surface area contributed by atoms with Gasteiger partial charge in [0.1, 0.15) is 11.5 Å². The van der Waals surface area contributed by atoms with Crippen LogP contribution in [0.25, 0.3) is 6.08 Å². The Hall–Kier alpha value is -3.62. The third kappa shape index (κ3) is 5.42. The van der Waals surface area contributed by atoms with Gasteiger partial charge in [-0.05, 0) is 48.5 Å². The van der Waals surface area contributed by atoms with Crippen molar-refractivity contribution in [1.82, 2.24) is 0 Å². The average Bonchev–Trinajstić information content (AvgIpc) is 3.11. The number of hydrogen-bond donors (Lipinski definition) is 1. The molecule has 6 nitrogen and oxygen atoms in total. The first-order valence-corrected chi connectivity index (χ1v) is 11.3. The van der Waals surface area contributed by atoms with E-state index in [4.69, 9.17) is 21.7 Å². The highest BCUT2D eigenvalue weighted by molar-refractivity contribution is 8.27. The van der Waals surface area contributed by atoms with E-state index in [1.807, 2.05) is 36.4 Å². The van der Waals surface area contributed by atoms with Gasteiger partial charge >= 0.3 is 0 Å². The van der Waals surface area contributed by atoms with Crippen LogP contribution in [0, 0.1) is 0 Å². The zero-order valence-corrected chi connectivity index (χ0v) is 19.3. The van der Waals surface area contributed by atoms with E-state index in [9.17, 15) is 9.59 Å². The maximum Gasteiger partial charge on any atom is 0.270 e. The van der Waals surface area contributed by atoms with Crippen LogP contribution in [0.4, 0.5) is 11.4 Å². The van der Waals surface area contributed by atoms with Crippen molar-refractivity contribution in [2.45, 2.75) is 0 Å². The minimum absolute atomic E-state index is 0.160. The number of para-hydroxylation sites is 2. The number of carbonyl (C=O) groups excluding carboxylic acids is 2. The zero-order chi connectivity index (χ0) is 23.2. The van der Waals surface area contributed by atoms with Crippen molar-refractivity contribution >= 4 is 57.6 Å². The minimum atomic E-state index is -0.276. The van der Waals surface area contributed by atoms with Gasteiger partial charge < -0.3 is 14.8 Å². The van der Waals surface area contributed by atoms with Gasteiger partial charge in [-0.15, -0.1) is 0 Å². The summed E-state index contributed by atoms with van der Waals surface area (Å²) >= 11 is 6.67. The van der Waals surface area contributed by atoms with Crippen LogP contribution in [0.2, 0.25) is 0 Å². The molecule has 0 unspecified atom stereocenters. The molecule has 0 radical (unpaired) electrons. The van der Waals surface area contributed by atoms with Crippen molar-refractivity contribution in [3.8, 4) is 11.5 Å². The molecular weight excluding hydrogens is 456 g/mol. The zero-order valence-electron chi connectivity index (χ0n) is 17.7. The van der Waals surface area contributed by atoms with Crippen LogP contribution in [0.3, 0.4) is 0 Å². The molecule has 8 heteroatoms. The van der Waals surface area contributed by atoms with Gasteiger partial charge in [-0.25, -0.2) is 0 Å². The standard InChI is InChI=1S/C25H20N2O4S2/c1-30-20-13-11-19(12-14-20)27-24(29)22(33-25(27)32)15-17-7-5-6-10-21(17)31-16-23(28)26-18-8-3-2-4-9-18/h2-15H,16H2,1H3,(H,26,28)/b22-15-. The topological polar surface area (TPSA) is 67.9 Å². The molecule has 1 heterocycles. The second-order valence-electron chi connectivity index (χ2n) is 6.96. The summed E-state index contributed by atoms with van der Waals surface area (Å²) in [6, 6.07) is 23.5. The second-order valence-corrected chi connectivity index (χ2v) is 8.63. The van der Waals surface area contributed by atoms with E-state index in [0.717, 1.165) is 0 Å². The largest absolute Gasteiger partial charge is 0.497 e. The van der Waals surface area contributed by atoms with Gasteiger partial charge in [0.25, 0.3) is 11.8 Å². The quantitative estimate of drug-likeness (QED) is 0.377. The summed E-state index contributed by atoms with van der Waals surface area (Å²) in [5.74, 6) is 0.700. The Labute approximate surface area is 201 Å². The highest BCUT2D eigenvalue weighted by Gasteiger charge is 2.33. The van der Waals surface area contributed by atoms with E-state index in [2.05, 4.69) is 5.32 Å². The fourth-order valence-electron chi connectivity index (χ4n) is 3.16. The Kier molecular flexibility index (Phi) is 7.07. The Morgan fingerprint density at radius 2 is 1.73 bits per heavy atom. The fraction of sp³-hybridized carbons (Fsp3) is 0.0800. The molecule has 0 aliphatic carbocycles. The van der Waals surface area contributed by atoms with E-state index < -0.39 is 0 Å². The van der Waals surface area contributed by atoms with Crippen LogP contribution in [0.5, 0.6) is 11.5 Å². The van der Waals surface area contributed by atoms with Gasteiger partial charge in [0.15, 0.2) is 10.9 Å². The molecule has 0 aromatic heterocycles. The average molecular weight is 477 g/mol. The van der Waals surface area contributed by atoms with Gasteiger partial charge in [0.2, 0.25) is 0 Å². The second kappa shape index (κ2) is 10.3. The molecule has 1 saturated heterocycles. The number of nitrogens with one attached hydrogen (secondary N) is 1. The van der Waals surface area contributed by atoms with Gasteiger partial charge in [-0.3, -0.25) is 14.5 Å². The SMILES string of the molecule is COc1ccc(N2C(=O)/C(=C/c3ccccc3OCC(=O)Nc3ccccc3)SC2=S)cc1. The number of benzene rings is 3. The van der Waals surface area contributed by atoms with Crippen LogP contribution < -0.4 is 19.7 Å². The lowest BCUT2D eigenvalue weighted by Crippen LogP contribution is -2.27. The number of hydrogen-bond acceptors (Lipinski definition) is 6. The molecule has 33 heavy (non-hydrogen) atoms. The van der Waals surface area contributed by atoms with Gasteiger partial charge in [0.05, 0.1) is 17.7 Å². The molecule has 3 aromatic carbocycles. The van der Waals surface area contributed by atoms with Crippen molar-refractivity contribution in [3.05, 3.63) is 89.3 Å². The Balaban J connectivity index is 1.48. The molecule has 4 rings (SSSR count).